The summed E-state index contributed by atoms with van der Waals surface area (Å²) in [6.45, 7) is 3.01. The van der Waals surface area contributed by atoms with Crippen LogP contribution in [0.2, 0.25) is 0 Å². The van der Waals surface area contributed by atoms with Gasteiger partial charge in [-0.05, 0) is 44.0 Å². The molecule has 1 aromatic carbocycles. The van der Waals surface area contributed by atoms with Crippen molar-refractivity contribution in [2.24, 2.45) is 5.73 Å². The van der Waals surface area contributed by atoms with Gasteiger partial charge >= 0.3 is 0 Å². The summed E-state index contributed by atoms with van der Waals surface area (Å²) >= 11 is 0. The highest BCUT2D eigenvalue weighted by Gasteiger charge is 2.27. The van der Waals surface area contributed by atoms with E-state index in [1.807, 2.05) is 0 Å². The van der Waals surface area contributed by atoms with Gasteiger partial charge in [0.05, 0.1) is 0 Å². The Labute approximate surface area is 117 Å². The van der Waals surface area contributed by atoms with Crippen molar-refractivity contribution in [1.82, 2.24) is 15.2 Å². The van der Waals surface area contributed by atoms with Gasteiger partial charge in [0, 0.05) is 24.2 Å². The molecule has 2 heterocycles. The summed E-state index contributed by atoms with van der Waals surface area (Å²) in [5, 5.41) is 7.17. The van der Waals surface area contributed by atoms with Crippen molar-refractivity contribution in [3.8, 4) is 11.4 Å². The maximum atomic E-state index is 12.9. The minimum Gasteiger partial charge on any atom is -0.335 e. The van der Waals surface area contributed by atoms with E-state index in [1.54, 1.807) is 12.1 Å². The minimum absolute atomic E-state index is 0.150. The van der Waals surface area contributed by atoms with Gasteiger partial charge in [-0.15, -0.1) is 5.10 Å². The van der Waals surface area contributed by atoms with E-state index in [9.17, 15) is 4.39 Å². The van der Waals surface area contributed by atoms with Gasteiger partial charge in [0.2, 0.25) is 5.95 Å². The molecule has 3 N–H and O–H groups in total. The molecule has 2 aromatic rings. The molecule has 3 rings (SSSR count). The van der Waals surface area contributed by atoms with Crippen molar-refractivity contribution in [2.45, 2.75) is 31.8 Å². The third-order valence-corrected chi connectivity index (χ3v) is 3.90. The zero-order valence-corrected chi connectivity index (χ0v) is 11.4. The number of nitrogens with one attached hydrogen (secondary N) is 1. The molecule has 106 valence electrons. The van der Waals surface area contributed by atoms with Gasteiger partial charge in [-0.25, -0.2) is 4.39 Å². The third-order valence-electron chi connectivity index (χ3n) is 3.90. The molecule has 0 radical (unpaired) electrons. The molecule has 1 aliphatic rings. The second kappa shape index (κ2) is 5.20. The van der Waals surface area contributed by atoms with Crippen molar-refractivity contribution in [3.63, 3.8) is 0 Å². The lowest BCUT2D eigenvalue weighted by atomic mass is 9.99. The Morgan fingerprint density at radius 2 is 2.10 bits per heavy atom. The first-order valence-corrected chi connectivity index (χ1v) is 6.86. The van der Waals surface area contributed by atoms with Crippen LogP contribution in [0.25, 0.3) is 11.4 Å². The number of hydrogen-bond donors (Lipinski definition) is 2. The molecular formula is C14H18FN5. The Bertz CT molecular complexity index is 580. The van der Waals surface area contributed by atoms with E-state index in [1.165, 1.54) is 12.1 Å². The summed E-state index contributed by atoms with van der Waals surface area (Å²) < 4.78 is 12.9. The molecule has 5 nitrogen and oxygen atoms in total. The van der Waals surface area contributed by atoms with Crippen LogP contribution in [-0.4, -0.2) is 33.8 Å². The van der Waals surface area contributed by atoms with E-state index < -0.39 is 0 Å². The average molecular weight is 275 g/mol. The minimum atomic E-state index is -0.260. The molecule has 20 heavy (non-hydrogen) atoms. The smallest absolute Gasteiger partial charge is 0.245 e. The molecule has 0 bridgehead atoms. The first-order valence-electron chi connectivity index (χ1n) is 6.86. The summed E-state index contributed by atoms with van der Waals surface area (Å²) in [5.74, 6) is 1.04. The normalized spacial score (nSPS) is 23.1. The van der Waals surface area contributed by atoms with Gasteiger partial charge < -0.3 is 10.6 Å². The number of piperidine rings is 1. The van der Waals surface area contributed by atoms with Gasteiger partial charge in [0.1, 0.15) is 5.82 Å². The van der Waals surface area contributed by atoms with Crippen LogP contribution in [0.1, 0.15) is 19.8 Å². The highest BCUT2D eigenvalue weighted by Crippen LogP contribution is 2.23. The molecule has 1 aromatic heterocycles. The molecule has 0 amide bonds. The molecule has 2 atom stereocenters. The van der Waals surface area contributed by atoms with Crippen LogP contribution in [0, 0.1) is 5.82 Å². The molecule has 1 fully saturated rings. The van der Waals surface area contributed by atoms with Gasteiger partial charge in [-0.3, -0.25) is 5.10 Å². The summed E-state index contributed by atoms with van der Waals surface area (Å²) in [6.07, 6.45) is 2.08. The lowest BCUT2D eigenvalue weighted by Gasteiger charge is -2.36. The number of H-pyrrole nitrogens is 1. The van der Waals surface area contributed by atoms with Crippen LogP contribution in [0.3, 0.4) is 0 Å². The number of aromatic amines is 1. The number of anilines is 1. The van der Waals surface area contributed by atoms with Crippen LogP contribution >= 0.6 is 0 Å². The summed E-state index contributed by atoms with van der Waals surface area (Å²) in [6, 6.07) is 6.57. The van der Waals surface area contributed by atoms with Crippen molar-refractivity contribution < 1.29 is 4.39 Å². The van der Waals surface area contributed by atoms with E-state index in [2.05, 4.69) is 27.0 Å². The van der Waals surface area contributed by atoms with E-state index in [0.717, 1.165) is 24.9 Å². The maximum Gasteiger partial charge on any atom is 0.245 e. The molecule has 0 spiro atoms. The molecule has 0 saturated carbocycles. The van der Waals surface area contributed by atoms with Crippen molar-refractivity contribution in [2.75, 3.05) is 11.4 Å². The Hall–Kier alpha value is -1.95. The predicted molar refractivity (Wildman–Crippen MR) is 75.8 cm³/mol. The first kappa shape index (κ1) is 13.1. The average Bonchev–Trinajstić information content (AvgIpc) is 2.92. The van der Waals surface area contributed by atoms with E-state index in [-0.39, 0.29) is 17.9 Å². The number of nitrogens with two attached hydrogens (primary N) is 1. The van der Waals surface area contributed by atoms with Gasteiger partial charge in [-0.1, -0.05) is 0 Å². The molecule has 1 aliphatic heterocycles. The Morgan fingerprint density at radius 1 is 1.35 bits per heavy atom. The van der Waals surface area contributed by atoms with Crippen molar-refractivity contribution >= 4 is 5.95 Å². The maximum absolute atomic E-state index is 12.9. The standard InChI is InChI=1S/C14H18FN5/c1-9-12(16)3-2-8-20(9)14-17-13(18-19-14)10-4-6-11(15)7-5-10/h4-7,9,12H,2-3,8,16H2,1H3,(H,17,18,19). The summed E-state index contributed by atoms with van der Waals surface area (Å²) in [4.78, 5) is 6.62. The number of nitrogens with zero attached hydrogens (tertiary/aromatic N) is 3. The van der Waals surface area contributed by atoms with E-state index in [0.29, 0.717) is 11.8 Å². The second-order valence-electron chi connectivity index (χ2n) is 5.23. The number of hydrogen-bond acceptors (Lipinski definition) is 4. The van der Waals surface area contributed by atoms with Crippen LogP contribution in [0.5, 0.6) is 0 Å². The van der Waals surface area contributed by atoms with Crippen LogP contribution in [0.4, 0.5) is 10.3 Å². The molecular weight excluding hydrogens is 257 g/mol. The molecule has 1 saturated heterocycles. The molecule has 6 heteroatoms. The molecule has 0 aliphatic carbocycles. The van der Waals surface area contributed by atoms with Gasteiger partial charge in [0.15, 0.2) is 5.82 Å². The fourth-order valence-electron chi connectivity index (χ4n) is 2.57. The Balaban J connectivity index is 1.84. The fraction of sp³-hybridized carbons (Fsp3) is 0.429. The summed E-state index contributed by atoms with van der Waals surface area (Å²) in [7, 11) is 0. The Kier molecular flexibility index (Phi) is 3.40. The van der Waals surface area contributed by atoms with Crippen molar-refractivity contribution in [3.05, 3.63) is 30.1 Å². The van der Waals surface area contributed by atoms with Gasteiger partial charge in [-0.2, -0.15) is 4.98 Å². The SMILES string of the molecule is CC1C(N)CCCN1c1n[nH]c(-c2ccc(F)cc2)n1. The zero-order valence-electron chi connectivity index (χ0n) is 11.4. The van der Waals surface area contributed by atoms with Gasteiger partial charge in [0.25, 0.3) is 0 Å². The Morgan fingerprint density at radius 3 is 2.85 bits per heavy atom. The quantitative estimate of drug-likeness (QED) is 0.878. The van der Waals surface area contributed by atoms with E-state index >= 15 is 0 Å². The highest BCUT2D eigenvalue weighted by atomic mass is 19.1. The van der Waals surface area contributed by atoms with Crippen LogP contribution in [-0.2, 0) is 0 Å². The number of aromatic nitrogens is 3. The number of halogens is 1. The van der Waals surface area contributed by atoms with Crippen molar-refractivity contribution in [1.29, 1.82) is 0 Å². The first-order chi connectivity index (χ1) is 9.65. The predicted octanol–water partition coefficient (Wildman–Crippen LogP) is 1.93. The highest BCUT2D eigenvalue weighted by molar-refractivity contribution is 5.56. The van der Waals surface area contributed by atoms with Crippen LogP contribution < -0.4 is 10.6 Å². The monoisotopic (exact) mass is 275 g/mol. The number of benzene rings is 1. The molecule has 2 unspecified atom stereocenters. The third kappa shape index (κ3) is 2.38. The summed E-state index contributed by atoms with van der Waals surface area (Å²) in [5.41, 5.74) is 6.91. The number of rotatable bonds is 2. The lowest BCUT2D eigenvalue weighted by molar-refractivity contribution is 0.416. The largest absolute Gasteiger partial charge is 0.335 e. The van der Waals surface area contributed by atoms with E-state index in [4.69, 9.17) is 5.73 Å². The zero-order chi connectivity index (χ0) is 14.1. The van der Waals surface area contributed by atoms with Crippen LogP contribution in [0.15, 0.2) is 24.3 Å². The second-order valence-corrected chi connectivity index (χ2v) is 5.23. The fourth-order valence-corrected chi connectivity index (χ4v) is 2.57. The topological polar surface area (TPSA) is 70.8 Å². The lowest BCUT2D eigenvalue weighted by Crippen LogP contribution is -2.50.